The summed E-state index contributed by atoms with van der Waals surface area (Å²) in [5.74, 6) is 0.850. The summed E-state index contributed by atoms with van der Waals surface area (Å²) in [7, 11) is 0. The van der Waals surface area contributed by atoms with Gasteiger partial charge in [0, 0.05) is 62.7 Å². The second-order valence-corrected chi connectivity index (χ2v) is 10.6. The van der Waals surface area contributed by atoms with Crippen LogP contribution in [0.2, 0.25) is 5.15 Å². The van der Waals surface area contributed by atoms with Gasteiger partial charge in [-0.15, -0.1) is 0 Å². The van der Waals surface area contributed by atoms with Gasteiger partial charge in [0.1, 0.15) is 22.9 Å². The number of nitrogens with zero attached hydrogens (tertiary/aromatic N) is 6. The van der Waals surface area contributed by atoms with Crippen LogP contribution in [0.4, 0.5) is 4.79 Å². The van der Waals surface area contributed by atoms with Gasteiger partial charge in [0.05, 0.1) is 16.7 Å². The Hall–Kier alpha value is -3.56. The Balaban J connectivity index is 1.21. The molecule has 1 aliphatic rings. The van der Waals surface area contributed by atoms with Crippen molar-refractivity contribution in [3.63, 3.8) is 0 Å². The number of carbonyl (C=O) groups excluding carboxylic acids is 1. The highest BCUT2D eigenvalue weighted by atomic mass is 35.5. The van der Waals surface area contributed by atoms with Crippen molar-refractivity contribution in [2.24, 2.45) is 0 Å². The smallest absolute Gasteiger partial charge is 0.410 e. The highest BCUT2D eigenvalue weighted by Gasteiger charge is 2.25. The molecule has 0 spiro atoms. The molecule has 5 rings (SSSR count). The minimum absolute atomic E-state index is 0.239. The van der Waals surface area contributed by atoms with Crippen LogP contribution < -0.4 is 0 Å². The number of benzene rings is 1. The number of hydrogen-bond donors (Lipinski definition) is 1. The number of amides is 1. The normalized spacial score (nSPS) is 14.8. The van der Waals surface area contributed by atoms with E-state index >= 15 is 0 Å². The van der Waals surface area contributed by atoms with Crippen LogP contribution in [0, 0.1) is 0 Å². The summed E-state index contributed by atoms with van der Waals surface area (Å²) in [6.07, 6.45) is 3.67. The molecule has 1 saturated heterocycles. The molecule has 1 fully saturated rings. The van der Waals surface area contributed by atoms with Gasteiger partial charge in [0.15, 0.2) is 0 Å². The van der Waals surface area contributed by atoms with Crippen molar-refractivity contribution in [3.8, 4) is 11.3 Å². The Morgan fingerprint density at radius 1 is 1.05 bits per heavy atom. The third kappa shape index (κ3) is 6.42. The first-order valence-corrected chi connectivity index (χ1v) is 12.7. The van der Waals surface area contributed by atoms with Crippen molar-refractivity contribution >= 4 is 28.7 Å². The van der Waals surface area contributed by atoms with E-state index in [-0.39, 0.29) is 6.09 Å². The summed E-state index contributed by atoms with van der Waals surface area (Å²) in [4.78, 5) is 37.4. The van der Waals surface area contributed by atoms with E-state index in [1.807, 2.05) is 51.2 Å². The van der Waals surface area contributed by atoms with Crippen LogP contribution in [-0.4, -0.2) is 72.6 Å². The van der Waals surface area contributed by atoms with E-state index in [9.17, 15) is 4.79 Å². The Morgan fingerprint density at radius 2 is 1.86 bits per heavy atom. The summed E-state index contributed by atoms with van der Waals surface area (Å²) < 4.78 is 5.50. The Kier molecular flexibility index (Phi) is 7.08. The van der Waals surface area contributed by atoms with Gasteiger partial charge < -0.3 is 14.6 Å². The van der Waals surface area contributed by atoms with Crippen molar-refractivity contribution in [1.29, 1.82) is 0 Å². The summed E-state index contributed by atoms with van der Waals surface area (Å²) in [6.45, 7) is 9.41. The number of aromatic nitrogens is 5. The number of hydrogen-bond acceptors (Lipinski definition) is 7. The second-order valence-electron chi connectivity index (χ2n) is 10.2. The molecule has 1 aromatic carbocycles. The molecule has 1 aliphatic heterocycles. The maximum absolute atomic E-state index is 12.3. The number of fused-ring (bicyclic) bond motifs is 1. The molecule has 0 unspecified atom stereocenters. The molecule has 0 atom stereocenters. The van der Waals surface area contributed by atoms with Crippen molar-refractivity contribution in [2.75, 3.05) is 26.2 Å². The fourth-order valence-corrected chi connectivity index (χ4v) is 4.51. The molecular weight excluding hydrogens is 490 g/mol. The topological polar surface area (TPSA) is 100 Å². The molecule has 0 saturated carbocycles. The molecular formula is C27H30ClN7O2. The van der Waals surface area contributed by atoms with Gasteiger partial charge in [-0.2, -0.15) is 0 Å². The number of ether oxygens (including phenoxy) is 1. The molecule has 1 amide bonds. The first-order valence-electron chi connectivity index (χ1n) is 12.3. The standard InChI is InChI=1S/C27H30ClN7O2/c1-27(2,3)37-26(36)35-10-8-34(9-11-35)16-18-6-7-29-20(12-18)14-25-32-21-5-4-19(13-23(21)33-25)22-15-24(28)31-17-30-22/h4-7,12-13,15,17H,8-11,14,16H2,1-3H3,(H,32,33). The Bertz CT molecular complexity index is 1410. The summed E-state index contributed by atoms with van der Waals surface area (Å²) >= 11 is 6.02. The molecule has 10 heteroatoms. The average molecular weight is 520 g/mol. The molecule has 3 aromatic heterocycles. The van der Waals surface area contributed by atoms with Crippen molar-refractivity contribution < 1.29 is 9.53 Å². The van der Waals surface area contributed by atoms with Gasteiger partial charge in [0.25, 0.3) is 0 Å². The third-order valence-electron chi connectivity index (χ3n) is 6.12. The molecule has 4 heterocycles. The Morgan fingerprint density at radius 3 is 2.62 bits per heavy atom. The molecule has 1 N–H and O–H groups in total. The van der Waals surface area contributed by atoms with Gasteiger partial charge >= 0.3 is 6.09 Å². The predicted octanol–water partition coefficient (Wildman–Crippen LogP) is 4.71. The van der Waals surface area contributed by atoms with Gasteiger partial charge in [-0.25, -0.2) is 19.7 Å². The molecule has 0 aliphatic carbocycles. The number of aromatic amines is 1. The summed E-state index contributed by atoms with van der Waals surface area (Å²) in [5, 5.41) is 0.409. The number of H-pyrrole nitrogens is 1. The van der Waals surface area contributed by atoms with E-state index in [4.69, 9.17) is 21.3 Å². The van der Waals surface area contributed by atoms with E-state index in [2.05, 4.69) is 30.9 Å². The zero-order chi connectivity index (χ0) is 26.0. The lowest BCUT2D eigenvalue weighted by molar-refractivity contribution is 0.0139. The largest absolute Gasteiger partial charge is 0.444 e. The van der Waals surface area contributed by atoms with Crippen LogP contribution in [0.25, 0.3) is 22.3 Å². The molecule has 4 aromatic rings. The highest BCUT2D eigenvalue weighted by Crippen LogP contribution is 2.24. The highest BCUT2D eigenvalue weighted by molar-refractivity contribution is 6.29. The molecule has 0 bridgehead atoms. The van der Waals surface area contributed by atoms with Crippen molar-refractivity contribution in [3.05, 3.63) is 71.2 Å². The fraction of sp³-hybridized carbons (Fsp3) is 0.370. The SMILES string of the molecule is CC(C)(C)OC(=O)N1CCN(Cc2ccnc(Cc3nc4ccc(-c5cc(Cl)ncn5)cc4[nH]3)c2)CC1. The summed E-state index contributed by atoms with van der Waals surface area (Å²) in [6, 6.07) is 11.9. The predicted molar refractivity (Wildman–Crippen MR) is 142 cm³/mol. The number of pyridine rings is 1. The number of imidazole rings is 1. The van der Waals surface area contributed by atoms with Crippen LogP contribution >= 0.6 is 11.6 Å². The zero-order valence-corrected chi connectivity index (χ0v) is 22.0. The number of halogens is 1. The third-order valence-corrected chi connectivity index (χ3v) is 6.33. The molecule has 0 radical (unpaired) electrons. The minimum Gasteiger partial charge on any atom is -0.444 e. The van der Waals surface area contributed by atoms with Gasteiger partial charge in [0.2, 0.25) is 0 Å². The second kappa shape index (κ2) is 10.4. The maximum atomic E-state index is 12.3. The number of nitrogens with one attached hydrogen (secondary N) is 1. The van der Waals surface area contributed by atoms with E-state index in [0.29, 0.717) is 24.7 Å². The minimum atomic E-state index is -0.477. The lowest BCUT2D eigenvalue weighted by Gasteiger charge is -2.35. The van der Waals surface area contributed by atoms with E-state index in [1.54, 1.807) is 11.0 Å². The number of carbonyl (C=O) groups is 1. The number of rotatable bonds is 5. The van der Waals surface area contributed by atoms with Crippen LogP contribution in [0.15, 0.2) is 48.9 Å². The van der Waals surface area contributed by atoms with Crippen molar-refractivity contribution in [2.45, 2.75) is 39.3 Å². The molecule has 192 valence electrons. The zero-order valence-electron chi connectivity index (χ0n) is 21.2. The number of piperazine rings is 1. The maximum Gasteiger partial charge on any atom is 0.410 e. The van der Waals surface area contributed by atoms with E-state index < -0.39 is 5.60 Å². The lowest BCUT2D eigenvalue weighted by atomic mass is 10.1. The van der Waals surface area contributed by atoms with E-state index in [0.717, 1.165) is 53.4 Å². The quantitative estimate of drug-likeness (QED) is 0.381. The van der Waals surface area contributed by atoms with Gasteiger partial charge in [-0.05, 0) is 50.6 Å². The van der Waals surface area contributed by atoms with Crippen LogP contribution in [0.1, 0.15) is 37.9 Å². The first-order chi connectivity index (χ1) is 17.7. The van der Waals surface area contributed by atoms with Crippen LogP contribution in [-0.2, 0) is 17.7 Å². The van der Waals surface area contributed by atoms with E-state index in [1.165, 1.54) is 11.9 Å². The molecule has 9 nitrogen and oxygen atoms in total. The van der Waals surface area contributed by atoms with Gasteiger partial charge in [-0.3, -0.25) is 9.88 Å². The van der Waals surface area contributed by atoms with Crippen LogP contribution in [0.3, 0.4) is 0 Å². The molecule has 37 heavy (non-hydrogen) atoms. The summed E-state index contributed by atoms with van der Waals surface area (Å²) in [5.41, 5.74) is 5.19. The first kappa shape index (κ1) is 25.1. The Labute approximate surface area is 220 Å². The van der Waals surface area contributed by atoms with Gasteiger partial charge in [-0.1, -0.05) is 17.7 Å². The van der Waals surface area contributed by atoms with Crippen molar-refractivity contribution in [1.82, 2.24) is 34.7 Å². The monoisotopic (exact) mass is 519 g/mol. The lowest BCUT2D eigenvalue weighted by Crippen LogP contribution is -2.49. The van der Waals surface area contributed by atoms with Crippen LogP contribution in [0.5, 0.6) is 0 Å². The fourth-order valence-electron chi connectivity index (χ4n) is 4.36. The average Bonchev–Trinajstić information content (AvgIpc) is 3.25.